The minimum Gasteiger partial charge on any atom is -0.290 e. The zero-order valence-electron chi connectivity index (χ0n) is 34.1. The lowest BCUT2D eigenvalue weighted by Gasteiger charge is -2.55. The predicted molar refractivity (Wildman–Crippen MR) is 229 cm³/mol. The van der Waals surface area contributed by atoms with Gasteiger partial charge in [-0.15, -0.1) is 11.8 Å². The molecule has 1 heterocycles. The summed E-state index contributed by atoms with van der Waals surface area (Å²) < 4.78 is 0. The Balaban J connectivity index is 0.896. The highest BCUT2D eigenvalue weighted by Gasteiger charge is 2.60. The van der Waals surface area contributed by atoms with E-state index in [-0.39, 0.29) is 0 Å². The molecule has 10 aliphatic carbocycles. The van der Waals surface area contributed by atoms with Crippen molar-refractivity contribution in [3.05, 3.63) is 69.7 Å². The summed E-state index contributed by atoms with van der Waals surface area (Å²) in [5.41, 5.74) is 8.07. The lowest BCUT2D eigenvalue weighted by atomic mass is 9.50. The van der Waals surface area contributed by atoms with Crippen LogP contribution in [0, 0.1) is 58.7 Å². The first-order chi connectivity index (χ1) is 26.7. The Bertz CT molecular complexity index is 1600. The van der Waals surface area contributed by atoms with Gasteiger partial charge in [-0.3, -0.25) is 4.90 Å². The SMILES string of the molecule is CC1CC=C2C(CCC3CCC4C5=C(SC4C23)C(N(C2CCCCC2)C2CCC(C3(C4CCCCC4)C4=C(CCC=C4)C4CCC=C[C@@H]43)CC2)CC=C5)C1. The summed E-state index contributed by atoms with van der Waals surface area (Å²) in [6, 6.07) is 2.25. The van der Waals surface area contributed by atoms with E-state index in [1.807, 2.05) is 27.2 Å². The molecule has 1 aliphatic heterocycles. The molecule has 9 unspecified atom stereocenters. The number of thioether (sulfide) groups is 1. The molecule has 0 aromatic heterocycles. The molecule has 5 saturated carbocycles. The molecule has 0 N–H and O–H groups in total. The fraction of sp³-hybridized carbons (Fsp3) is 0.769. The van der Waals surface area contributed by atoms with Crippen molar-refractivity contribution in [1.29, 1.82) is 0 Å². The van der Waals surface area contributed by atoms with E-state index >= 15 is 0 Å². The number of allylic oxidation sites excluding steroid dienone is 10. The average Bonchev–Trinajstić information content (AvgIpc) is 3.77. The maximum Gasteiger partial charge on any atom is 0.0450 e. The van der Waals surface area contributed by atoms with Gasteiger partial charge in [0.15, 0.2) is 0 Å². The topological polar surface area (TPSA) is 3.24 Å². The molecule has 0 amide bonds. The quantitative estimate of drug-likeness (QED) is 0.258. The minimum atomic E-state index is 0.426. The lowest BCUT2D eigenvalue weighted by Crippen LogP contribution is -2.54. The van der Waals surface area contributed by atoms with Gasteiger partial charge in [0.05, 0.1) is 0 Å². The first-order valence-electron chi connectivity index (χ1n) is 24.3. The van der Waals surface area contributed by atoms with Gasteiger partial charge in [-0.1, -0.05) is 99.1 Å². The second kappa shape index (κ2) is 14.8. The Kier molecular flexibility index (Phi) is 9.86. The Morgan fingerprint density at radius 3 is 2.31 bits per heavy atom. The Hall–Kier alpha value is -1.25. The van der Waals surface area contributed by atoms with Crippen LogP contribution >= 0.6 is 11.8 Å². The van der Waals surface area contributed by atoms with Gasteiger partial charge in [0.2, 0.25) is 0 Å². The van der Waals surface area contributed by atoms with E-state index in [4.69, 9.17) is 0 Å². The minimum absolute atomic E-state index is 0.426. The highest BCUT2D eigenvalue weighted by molar-refractivity contribution is 8.04. The van der Waals surface area contributed by atoms with Crippen LogP contribution in [0.4, 0.5) is 0 Å². The molecule has 11 aliphatic rings. The van der Waals surface area contributed by atoms with Gasteiger partial charge in [0.1, 0.15) is 0 Å². The van der Waals surface area contributed by atoms with Gasteiger partial charge >= 0.3 is 0 Å². The van der Waals surface area contributed by atoms with E-state index in [0.717, 1.165) is 70.6 Å². The molecule has 0 aromatic rings. The predicted octanol–water partition coefficient (Wildman–Crippen LogP) is 14.1. The summed E-state index contributed by atoms with van der Waals surface area (Å²) in [7, 11) is 0. The van der Waals surface area contributed by atoms with Gasteiger partial charge in [-0.2, -0.15) is 0 Å². The number of fused-ring (bicyclic) bond motifs is 8. The van der Waals surface area contributed by atoms with Crippen molar-refractivity contribution in [2.24, 2.45) is 58.7 Å². The summed E-state index contributed by atoms with van der Waals surface area (Å²) in [4.78, 5) is 5.19. The van der Waals surface area contributed by atoms with Crippen molar-refractivity contribution in [3.63, 3.8) is 0 Å². The standard InChI is InChI=1S/C52H73NS/c1-34-23-31-41-36(33-34)25-24-35-26-32-45-44-19-12-22-48(50(44)54-51(45)49(35)41)53(39-15-6-3-7-16-39)40-29-27-38(28-30-40)52(37-13-4-2-5-14-37)46-20-10-8-17-42(46)43-18-9-11-21-47(43)52/h10-12,19-21,31,34-40,42,45-46,48-49,51H,2-9,13-18,22-30,32-33H2,1H3/t34?,35?,36?,38?,40?,42?,45?,46-,48?,49?,51?,52?/m0/s1. The average molecular weight is 744 g/mol. The van der Waals surface area contributed by atoms with Gasteiger partial charge in [0.25, 0.3) is 0 Å². The molecule has 0 saturated heterocycles. The van der Waals surface area contributed by atoms with Gasteiger partial charge in [-0.25, -0.2) is 0 Å². The molecule has 10 atom stereocenters. The van der Waals surface area contributed by atoms with E-state index in [0.29, 0.717) is 11.5 Å². The molecule has 292 valence electrons. The maximum atomic E-state index is 3.30. The van der Waals surface area contributed by atoms with Crippen LogP contribution in [0.15, 0.2) is 69.7 Å². The molecule has 0 radical (unpaired) electrons. The van der Waals surface area contributed by atoms with E-state index in [1.54, 1.807) is 0 Å². The van der Waals surface area contributed by atoms with Crippen LogP contribution in [0.2, 0.25) is 0 Å². The number of rotatable bonds is 5. The molecular formula is C52H73NS. The van der Waals surface area contributed by atoms with Crippen LogP contribution in [-0.4, -0.2) is 28.3 Å². The number of hydrogen-bond acceptors (Lipinski definition) is 2. The maximum absolute atomic E-state index is 3.30. The van der Waals surface area contributed by atoms with Crippen LogP contribution in [-0.2, 0) is 0 Å². The molecule has 54 heavy (non-hydrogen) atoms. The third-order valence-electron chi connectivity index (χ3n) is 18.7. The van der Waals surface area contributed by atoms with Crippen LogP contribution in [0.5, 0.6) is 0 Å². The van der Waals surface area contributed by atoms with Crippen LogP contribution in [0.25, 0.3) is 0 Å². The van der Waals surface area contributed by atoms with Crippen molar-refractivity contribution in [2.75, 3.05) is 0 Å². The fourth-order valence-corrected chi connectivity index (χ4v) is 18.7. The summed E-state index contributed by atoms with van der Waals surface area (Å²) in [6.07, 6.45) is 55.1. The summed E-state index contributed by atoms with van der Waals surface area (Å²) >= 11 is 2.47. The normalized spacial score (nSPS) is 45.1. The van der Waals surface area contributed by atoms with Crippen LogP contribution in [0.1, 0.15) is 167 Å². The third-order valence-corrected chi connectivity index (χ3v) is 20.4. The van der Waals surface area contributed by atoms with Crippen molar-refractivity contribution >= 4 is 11.8 Å². The molecule has 2 heteroatoms. The third kappa shape index (κ3) is 5.75. The summed E-state index contributed by atoms with van der Waals surface area (Å²) in [5, 5.41) is 0.825. The van der Waals surface area contributed by atoms with Crippen molar-refractivity contribution in [3.8, 4) is 0 Å². The fourth-order valence-electron chi connectivity index (χ4n) is 16.7. The van der Waals surface area contributed by atoms with Gasteiger partial charge in [-0.05, 0) is 186 Å². The van der Waals surface area contributed by atoms with Crippen molar-refractivity contribution < 1.29 is 0 Å². The zero-order valence-corrected chi connectivity index (χ0v) is 34.9. The largest absolute Gasteiger partial charge is 0.290 e. The van der Waals surface area contributed by atoms with E-state index in [9.17, 15) is 0 Å². The second-order valence-corrected chi connectivity index (χ2v) is 22.3. The van der Waals surface area contributed by atoms with E-state index < -0.39 is 0 Å². The van der Waals surface area contributed by atoms with Crippen molar-refractivity contribution in [2.45, 2.75) is 191 Å². The van der Waals surface area contributed by atoms with Gasteiger partial charge < -0.3 is 0 Å². The Labute approximate surface area is 334 Å². The second-order valence-electron chi connectivity index (χ2n) is 21.1. The molecule has 0 aromatic carbocycles. The first kappa shape index (κ1) is 35.9. The molecule has 5 fully saturated rings. The zero-order chi connectivity index (χ0) is 35.8. The molecule has 1 nitrogen and oxygen atoms in total. The molecular weight excluding hydrogens is 671 g/mol. The highest BCUT2D eigenvalue weighted by atomic mass is 32.2. The molecule has 0 bridgehead atoms. The Morgan fingerprint density at radius 1 is 0.685 bits per heavy atom. The van der Waals surface area contributed by atoms with E-state index in [1.165, 1.54) is 161 Å². The highest BCUT2D eigenvalue weighted by Crippen LogP contribution is 2.68. The molecule has 11 rings (SSSR count). The number of nitrogens with zero attached hydrogens (tertiary/aromatic N) is 1. The van der Waals surface area contributed by atoms with Crippen LogP contribution in [0.3, 0.4) is 0 Å². The van der Waals surface area contributed by atoms with Gasteiger partial charge in [0, 0.05) is 33.7 Å². The Morgan fingerprint density at radius 2 is 1.46 bits per heavy atom. The molecule has 0 spiro atoms. The first-order valence-corrected chi connectivity index (χ1v) is 25.2. The van der Waals surface area contributed by atoms with E-state index in [2.05, 4.69) is 66.1 Å². The van der Waals surface area contributed by atoms with Crippen molar-refractivity contribution in [1.82, 2.24) is 4.90 Å². The monoisotopic (exact) mass is 744 g/mol. The lowest BCUT2D eigenvalue weighted by molar-refractivity contribution is -0.0142. The number of hydrogen-bond donors (Lipinski definition) is 0. The smallest absolute Gasteiger partial charge is 0.0450 e. The van der Waals surface area contributed by atoms with Crippen LogP contribution < -0.4 is 0 Å². The summed E-state index contributed by atoms with van der Waals surface area (Å²) in [6.45, 7) is 2.52. The summed E-state index contributed by atoms with van der Waals surface area (Å²) in [5.74, 6) is 7.87.